The highest BCUT2D eigenvalue weighted by Gasteiger charge is 2.11. The number of nitrogens with one attached hydrogen (secondary N) is 2. The van der Waals surface area contributed by atoms with Crippen LogP contribution in [0.5, 0.6) is 11.5 Å². The zero-order valence-electron chi connectivity index (χ0n) is 15.2. The lowest BCUT2D eigenvalue weighted by molar-refractivity contribution is -0.126. The van der Waals surface area contributed by atoms with Crippen molar-refractivity contribution in [3.8, 4) is 17.6 Å². The first-order valence-electron chi connectivity index (χ1n) is 8.34. The number of ether oxygens (including phenoxy) is 2. The van der Waals surface area contributed by atoms with E-state index in [-0.39, 0.29) is 12.3 Å². The highest BCUT2D eigenvalue weighted by Crippen LogP contribution is 2.27. The Hall–Kier alpha value is -3.53. The number of rotatable bonds is 8. The Morgan fingerprint density at radius 2 is 1.78 bits per heavy atom. The molecule has 0 heterocycles. The maximum atomic E-state index is 12.0. The third kappa shape index (κ3) is 5.75. The fraction of sp³-hybridized carbons (Fsp3) is 0.250. The van der Waals surface area contributed by atoms with E-state index in [0.717, 1.165) is 5.56 Å². The molecule has 2 rings (SSSR count). The minimum absolute atomic E-state index is 0.314. The average molecular weight is 367 g/mol. The topological polar surface area (TPSA) is 100 Å². The molecule has 0 fully saturated rings. The van der Waals surface area contributed by atoms with Crippen molar-refractivity contribution in [3.05, 3.63) is 53.6 Å². The van der Waals surface area contributed by atoms with Crippen molar-refractivity contribution in [1.82, 2.24) is 5.32 Å². The van der Waals surface area contributed by atoms with Crippen LogP contribution in [0.2, 0.25) is 0 Å². The van der Waals surface area contributed by atoms with Gasteiger partial charge in [0.25, 0.3) is 0 Å². The number of methoxy groups -OCH3 is 2. The summed E-state index contributed by atoms with van der Waals surface area (Å²) in [6, 6.07) is 14.1. The van der Waals surface area contributed by atoms with E-state index < -0.39 is 5.91 Å². The molecule has 0 aliphatic carbocycles. The molecule has 2 amide bonds. The highest BCUT2D eigenvalue weighted by molar-refractivity contribution is 6.04. The van der Waals surface area contributed by atoms with Crippen LogP contribution in [0.25, 0.3) is 0 Å². The minimum Gasteiger partial charge on any atom is -0.493 e. The lowest BCUT2D eigenvalue weighted by Gasteiger charge is -2.10. The maximum absolute atomic E-state index is 12.0. The van der Waals surface area contributed by atoms with E-state index in [2.05, 4.69) is 10.6 Å². The smallest absolute Gasteiger partial charge is 0.233 e. The maximum Gasteiger partial charge on any atom is 0.233 e. The second-order valence-corrected chi connectivity index (χ2v) is 5.67. The predicted molar refractivity (Wildman–Crippen MR) is 101 cm³/mol. The Labute approximate surface area is 157 Å². The molecule has 140 valence electrons. The van der Waals surface area contributed by atoms with Crippen LogP contribution in [0.1, 0.15) is 17.5 Å². The Kier molecular flexibility index (Phi) is 7.20. The van der Waals surface area contributed by atoms with Gasteiger partial charge in [-0.1, -0.05) is 18.2 Å². The van der Waals surface area contributed by atoms with Crippen LogP contribution < -0.4 is 20.1 Å². The van der Waals surface area contributed by atoms with Gasteiger partial charge in [0.15, 0.2) is 11.5 Å². The molecule has 0 radical (unpaired) electrons. The first-order valence-corrected chi connectivity index (χ1v) is 8.34. The fourth-order valence-electron chi connectivity index (χ4n) is 2.47. The van der Waals surface area contributed by atoms with E-state index in [4.69, 9.17) is 14.7 Å². The number of nitriles is 1. The van der Waals surface area contributed by atoms with Gasteiger partial charge < -0.3 is 20.1 Å². The van der Waals surface area contributed by atoms with Crippen molar-refractivity contribution < 1.29 is 19.1 Å². The lowest BCUT2D eigenvalue weighted by Crippen LogP contribution is -2.29. The van der Waals surface area contributed by atoms with Gasteiger partial charge in [0.1, 0.15) is 12.5 Å². The van der Waals surface area contributed by atoms with Gasteiger partial charge >= 0.3 is 0 Å². The SMILES string of the molecule is COc1ccc(CCNC(=O)CC(=O)Nc2ccccc2C#N)cc1OC. The first kappa shape index (κ1) is 19.8. The number of benzene rings is 2. The molecule has 7 nitrogen and oxygen atoms in total. The minimum atomic E-state index is -0.471. The van der Waals surface area contributed by atoms with Crippen LogP contribution >= 0.6 is 0 Å². The van der Waals surface area contributed by atoms with Gasteiger partial charge in [-0.05, 0) is 36.2 Å². The number of amides is 2. The van der Waals surface area contributed by atoms with Crippen LogP contribution in [0.3, 0.4) is 0 Å². The molecule has 27 heavy (non-hydrogen) atoms. The van der Waals surface area contributed by atoms with Crippen LogP contribution in [0.15, 0.2) is 42.5 Å². The van der Waals surface area contributed by atoms with Gasteiger partial charge in [-0.15, -0.1) is 0 Å². The van der Waals surface area contributed by atoms with Crippen LogP contribution in [0.4, 0.5) is 5.69 Å². The Bertz CT molecular complexity index is 859. The molecular weight excluding hydrogens is 346 g/mol. The number of nitrogens with zero attached hydrogens (tertiary/aromatic N) is 1. The van der Waals surface area contributed by atoms with Crippen LogP contribution in [0, 0.1) is 11.3 Å². The molecule has 0 aromatic heterocycles. The lowest BCUT2D eigenvalue weighted by atomic mass is 10.1. The molecule has 0 saturated heterocycles. The number of hydrogen-bond acceptors (Lipinski definition) is 5. The summed E-state index contributed by atoms with van der Waals surface area (Å²) < 4.78 is 10.4. The van der Waals surface area contributed by atoms with Gasteiger partial charge in [-0.3, -0.25) is 9.59 Å². The summed E-state index contributed by atoms with van der Waals surface area (Å²) >= 11 is 0. The molecule has 0 aliphatic rings. The highest BCUT2D eigenvalue weighted by atomic mass is 16.5. The Morgan fingerprint density at radius 1 is 1.04 bits per heavy atom. The van der Waals surface area contributed by atoms with Gasteiger partial charge in [-0.25, -0.2) is 0 Å². The Morgan fingerprint density at radius 3 is 2.48 bits per heavy atom. The second-order valence-electron chi connectivity index (χ2n) is 5.67. The molecule has 0 unspecified atom stereocenters. The van der Waals surface area contributed by atoms with Crippen molar-refractivity contribution in [1.29, 1.82) is 5.26 Å². The summed E-state index contributed by atoms with van der Waals surface area (Å²) in [5, 5.41) is 14.3. The number of carbonyl (C=O) groups is 2. The van der Waals surface area contributed by atoms with E-state index in [0.29, 0.717) is 35.7 Å². The van der Waals surface area contributed by atoms with Crippen LogP contribution in [-0.4, -0.2) is 32.6 Å². The number of hydrogen-bond donors (Lipinski definition) is 2. The van der Waals surface area contributed by atoms with Gasteiger partial charge in [0.2, 0.25) is 11.8 Å². The molecule has 0 saturated carbocycles. The predicted octanol–water partition coefficient (Wildman–Crippen LogP) is 2.26. The largest absolute Gasteiger partial charge is 0.493 e. The van der Waals surface area contributed by atoms with Crippen LogP contribution in [-0.2, 0) is 16.0 Å². The van der Waals surface area contributed by atoms with E-state index in [1.165, 1.54) is 0 Å². The zero-order chi connectivity index (χ0) is 19.6. The number of anilines is 1. The van der Waals surface area contributed by atoms with Gasteiger partial charge in [-0.2, -0.15) is 5.26 Å². The van der Waals surface area contributed by atoms with E-state index in [1.807, 2.05) is 18.2 Å². The average Bonchev–Trinajstić information content (AvgIpc) is 2.68. The van der Waals surface area contributed by atoms with Gasteiger partial charge in [0, 0.05) is 6.54 Å². The molecule has 0 atom stereocenters. The summed E-state index contributed by atoms with van der Waals surface area (Å²) in [5.41, 5.74) is 1.71. The van der Waals surface area contributed by atoms with Crippen molar-refractivity contribution in [2.24, 2.45) is 0 Å². The summed E-state index contributed by atoms with van der Waals surface area (Å²) in [7, 11) is 3.13. The molecule has 0 bridgehead atoms. The number of para-hydroxylation sites is 1. The van der Waals surface area contributed by atoms with Crippen molar-refractivity contribution in [3.63, 3.8) is 0 Å². The summed E-state index contributed by atoms with van der Waals surface area (Å²) in [6.07, 6.45) is 0.274. The molecule has 7 heteroatoms. The van der Waals surface area contributed by atoms with Crippen molar-refractivity contribution in [2.45, 2.75) is 12.8 Å². The summed E-state index contributed by atoms with van der Waals surface area (Å²) in [6.45, 7) is 0.385. The van der Waals surface area contributed by atoms with E-state index in [1.54, 1.807) is 44.6 Å². The van der Waals surface area contributed by atoms with Gasteiger partial charge in [0.05, 0.1) is 25.5 Å². The number of carbonyl (C=O) groups excluding carboxylic acids is 2. The monoisotopic (exact) mass is 367 g/mol. The third-order valence-corrected chi connectivity index (χ3v) is 3.83. The summed E-state index contributed by atoms with van der Waals surface area (Å²) in [4.78, 5) is 23.9. The molecule has 0 aliphatic heterocycles. The van der Waals surface area contributed by atoms with E-state index in [9.17, 15) is 9.59 Å². The summed E-state index contributed by atoms with van der Waals surface area (Å²) in [5.74, 6) is 0.403. The van der Waals surface area contributed by atoms with Crippen molar-refractivity contribution in [2.75, 3.05) is 26.1 Å². The molecule has 2 N–H and O–H groups in total. The Balaban J connectivity index is 1.81. The quantitative estimate of drug-likeness (QED) is 0.697. The first-order chi connectivity index (χ1) is 13.1. The standard InChI is InChI=1S/C20H21N3O4/c1-26-17-8-7-14(11-18(17)27-2)9-10-22-19(24)12-20(25)23-16-6-4-3-5-15(16)13-21/h3-8,11H,9-10,12H2,1-2H3,(H,22,24)(H,23,25). The molecule has 2 aromatic carbocycles. The molecule has 0 spiro atoms. The fourth-order valence-corrected chi connectivity index (χ4v) is 2.47. The normalized spacial score (nSPS) is 9.81. The molecule has 2 aromatic rings. The molecular formula is C20H21N3O4. The second kappa shape index (κ2) is 9.82. The van der Waals surface area contributed by atoms with E-state index >= 15 is 0 Å². The third-order valence-electron chi connectivity index (χ3n) is 3.83. The van der Waals surface area contributed by atoms with Crippen molar-refractivity contribution >= 4 is 17.5 Å². The zero-order valence-corrected chi connectivity index (χ0v) is 15.2.